The molecule has 2 aromatic carbocycles. The van der Waals surface area contributed by atoms with Crippen LogP contribution in [0.3, 0.4) is 0 Å². The van der Waals surface area contributed by atoms with Crippen LogP contribution in [0.25, 0.3) is 38.8 Å². The van der Waals surface area contributed by atoms with Crippen LogP contribution in [0.15, 0.2) is 83.9 Å². The van der Waals surface area contributed by atoms with Gasteiger partial charge in [0.15, 0.2) is 0 Å². The average molecular weight is 432 g/mol. The fraction of sp³-hybridized carbons (Fsp3) is 0.0417. The Hall–Kier alpha value is -4.20. The van der Waals surface area contributed by atoms with Crippen LogP contribution in [0, 0.1) is 0 Å². The highest BCUT2D eigenvalue weighted by atomic mass is 19.4. The van der Waals surface area contributed by atoms with Crippen LogP contribution in [0.5, 0.6) is 0 Å². The highest BCUT2D eigenvalue weighted by Crippen LogP contribution is 2.36. The van der Waals surface area contributed by atoms with Gasteiger partial charge >= 0.3 is 6.18 Å². The smallest absolute Gasteiger partial charge is 0.397 e. The first-order valence-electron chi connectivity index (χ1n) is 9.66. The van der Waals surface area contributed by atoms with Crippen molar-refractivity contribution in [3.63, 3.8) is 0 Å². The van der Waals surface area contributed by atoms with Crippen LogP contribution >= 0.6 is 0 Å². The molecule has 8 heteroatoms. The van der Waals surface area contributed by atoms with E-state index in [0.717, 1.165) is 10.6 Å². The lowest BCUT2D eigenvalue weighted by Crippen LogP contribution is -2.21. The molecular weight excluding hydrogens is 417 g/mol. The number of fused-ring (bicyclic) bond motifs is 3. The van der Waals surface area contributed by atoms with E-state index >= 15 is 0 Å². The van der Waals surface area contributed by atoms with E-state index in [-0.39, 0.29) is 5.69 Å². The summed E-state index contributed by atoms with van der Waals surface area (Å²) in [7, 11) is 0. The van der Waals surface area contributed by atoms with Gasteiger partial charge < -0.3 is 5.73 Å². The Morgan fingerprint density at radius 2 is 1.72 bits per heavy atom. The second kappa shape index (κ2) is 7.19. The summed E-state index contributed by atoms with van der Waals surface area (Å²) in [4.78, 5) is 21.6. The molecule has 3 heterocycles. The molecule has 5 aromatic rings. The van der Waals surface area contributed by atoms with E-state index in [1.165, 1.54) is 24.3 Å². The third-order valence-corrected chi connectivity index (χ3v) is 5.28. The maximum absolute atomic E-state index is 13.8. The van der Waals surface area contributed by atoms with Gasteiger partial charge in [-0.1, -0.05) is 18.2 Å². The summed E-state index contributed by atoms with van der Waals surface area (Å²) in [6, 6.07) is 16.5. The van der Waals surface area contributed by atoms with E-state index in [0.29, 0.717) is 38.8 Å². The van der Waals surface area contributed by atoms with Crippen LogP contribution in [0.1, 0.15) is 5.56 Å². The van der Waals surface area contributed by atoms with Gasteiger partial charge in [0.1, 0.15) is 0 Å². The van der Waals surface area contributed by atoms with Crippen molar-refractivity contribution in [2.45, 2.75) is 6.18 Å². The Bertz CT molecular complexity index is 1560. The van der Waals surface area contributed by atoms with E-state index in [1.807, 2.05) is 0 Å². The number of nitrogens with zero attached hydrogens (tertiary/aromatic N) is 3. The average Bonchev–Trinajstić information content (AvgIpc) is 2.78. The summed E-state index contributed by atoms with van der Waals surface area (Å²) in [5.74, 6) is 0. The van der Waals surface area contributed by atoms with Gasteiger partial charge in [0.25, 0.3) is 5.56 Å². The lowest BCUT2D eigenvalue weighted by atomic mass is 10.0. The molecule has 0 aliphatic rings. The zero-order valence-electron chi connectivity index (χ0n) is 16.5. The van der Waals surface area contributed by atoms with Gasteiger partial charge in [0.2, 0.25) is 0 Å². The van der Waals surface area contributed by atoms with Crippen LogP contribution in [0.2, 0.25) is 0 Å². The van der Waals surface area contributed by atoms with Crippen molar-refractivity contribution in [1.82, 2.24) is 14.5 Å². The minimum atomic E-state index is -4.63. The van der Waals surface area contributed by atoms with Crippen LogP contribution in [-0.2, 0) is 6.18 Å². The molecule has 0 saturated carbocycles. The lowest BCUT2D eigenvalue weighted by Gasteiger charge is -2.17. The van der Waals surface area contributed by atoms with Crippen molar-refractivity contribution in [3.05, 3.63) is 95.0 Å². The van der Waals surface area contributed by atoms with Gasteiger partial charge in [-0.25, -0.2) is 0 Å². The van der Waals surface area contributed by atoms with Crippen molar-refractivity contribution in [2.24, 2.45) is 0 Å². The number of nitrogens with two attached hydrogens (primary N) is 1. The SMILES string of the molecule is Nc1cccnc1-c1ccc2ncc3ccc(=O)n(-c4ccccc4C(F)(F)F)c3c2c1. The van der Waals surface area contributed by atoms with Crippen molar-refractivity contribution >= 4 is 27.5 Å². The fourth-order valence-corrected chi connectivity index (χ4v) is 3.87. The number of benzene rings is 2. The van der Waals surface area contributed by atoms with Crippen molar-refractivity contribution in [2.75, 3.05) is 5.73 Å². The number of halogens is 3. The minimum Gasteiger partial charge on any atom is -0.397 e. The summed E-state index contributed by atoms with van der Waals surface area (Å²) in [5.41, 5.74) is 6.85. The molecule has 0 aliphatic carbocycles. The predicted octanol–water partition coefficient (Wildman–Crippen LogP) is 5.20. The number of aromatic nitrogens is 3. The number of nitrogen functional groups attached to an aromatic ring is 1. The van der Waals surface area contributed by atoms with Gasteiger partial charge in [-0.2, -0.15) is 13.2 Å². The number of hydrogen-bond donors (Lipinski definition) is 1. The fourth-order valence-electron chi connectivity index (χ4n) is 3.87. The molecule has 0 radical (unpaired) electrons. The summed E-state index contributed by atoms with van der Waals surface area (Å²) >= 11 is 0. The standard InChI is InChI=1S/C24H15F3N4O/c25-24(26,27)17-4-1-2-6-20(17)31-21(32)10-8-15-13-30-19-9-7-14(12-16(19)23(15)31)22-18(28)5-3-11-29-22/h1-13H,28H2. The first-order valence-corrected chi connectivity index (χ1v) is 9.66. The first-order chi connectivity index (χ1) is 15.3. The van der Waals surface area contributed by atoms with Crippen molar-refractivity contribution in [1.29, 1.82) is 0 Å². The molecular formula is C24H15F3N4O. The maximum Gasteiger partial charge on any atom is 0.418 e. The van der Waals surface area contributed by atoms with Gasteiger partial charge in [-0.3, -0.25) is 19.3 Å². The number of para-hydroxylation sites is 1. The summed E-state index contributed by atoms with van der Waals surface area (Å²) in [6.45, 7) is 0. The van der Waals surface area contributed by atoms with E-state index in [2.05, 4.69) is 9.97 Å². The number of anilines is 1. The highest BCUT2D eigenvalue weighted by molar-refractivity contribution is 6.05. The second-order valence-electron chi connectivity index (χ2n) is 7.26. The second-order valence-corrected chi connectivity index (χ2v) is 7.26. The largest absolute Gasteiger partial charge is 0.418 e. The zero-order chi connectivity index (χ0) is 22.5. The number of hydrogen-bond acceptors (Lipinski definition) is 4. The normalized spacial score (nSPS) is 11.8. The highest BCUT2D eigenvalue weighted by Gasteiger charge is 2.34. The number of pyridine rings is 3. The molecule has 3 aromatic heterocycles. The van der Waals surface area contributed by atoms with Crippen LogP contribution in [-0.4, -0.2) is 14.5 Å². The van der Waals surface area contributed by atoms with E-state index in [4.69, 9.17) is 5.73 Å². The molecule has 5 rings (SSSR count). The lowest BCUT2D eigenvalue weighted by molar-refractivity contribution is -0.137. The van der Waals surface area contributed by atoms with Gasteiger partial charge in [-0.15, -0.1) is 0 Å². The van der Waals surface area contributed by atoms with Gasteiger partial charge in [0.05, 0.1) is 33.7 Å². The number of alkyl halides is 3. The zero-order valence-corrected chi connectivity index (χ0v) is 16.5. The Kier molecular flexibility index (Phi) is 4.44. The van der Waals surface area contributed by atoms with Crippen molar-refractivity contribution < 1.29 is 13.2 Å². The summed E-state index contributed by atoms with van der Waals surface area (Å²) < 4.78 is 42.4. The molecule has 0 fully saturated rings. The van der Waals surface area contributed by atoms with Crippen LogP contribution in [0.4, 0.5) is 18.9 Å². The minimum absolute atomic E-state index is 0.245. The summed E-state index contributed by atoms with van der Waals surface area (Å²) in [6.07, 6.45) is -1.49. The van der Waals surface area contributed by atoms with Gasteiger partial charge in [-0.05, 0) is 42.5 Å². The molecule has 5 nitrogen and oxygen atoms in total. The predicted molar refractivity (Wildman–Crippen MR) is 117 cm³/mol. The number of rotatable bonds is 2. The van der Waals surface area contributed by atoms with Gasteiger partial charge in [0, 0.05) is 34.8 Å². The topological polar surface area (TPSA) is 73.8 Å². The molecule has 0 spiro atoms. The summed E-state index contributed by atoms with van der Waals surface area (Å²) in [5, 5.41) is 1.04. The Labute approximate surface area is 179 Å². The van der Waals surface area contributed by atoms with Crippen molar-refractivity contribution in [3.8, 4) is 16.9 Å². The van der Waals surface area contributed by atoms with E-state index in [9.17, 15) is 18.0 Å². The Morgan fingerprint density at radius 1 is 0.906 bits per heavy atom. The Balaban J connectivity index is 1.92. The first kappa shape index (κ1) is 19.7. The molecule has 0 aliphatic heterocycles. The Morgan fingerprint density at radius 3 is 2.50 bits per heavy atom. The van der Waals surface area contributed by atoms with E-state index in [1.54, 1.807) is 48.8 Å². The monoisotopic (exact) mass is 432 g/mol. The third kappa shape index (κ3) is 3.17. The molecule has 0 unspecified atom stereocenters. The van der Waals surface area contributed by atoms with E-state index < -0.39 is 17.3 Å². The molecule has 0 amide bonds. The molecule has 32 heavy (non-hydrogen) atoms. The third-order valence-electron chi connectivity index (χ3n) is 5.28. The molecule has 0 bridgehead atoms. The molecule has 2 N–H and O–H groups in total. The molecule has 158 valence electrons. The quantitative estimate of drug-likeness (QED) is 0.389. The molecule has 0 atom stereocenters. The van der Waals surface area contributed by atoms with Crippen LogP contribution < -0.4 is 11.3 Å². The maximum atomic E-state index is 13.8. The molecule has 0 saturated heterocycles.